The van der Waals surface area contributed by atoms with Crippen LogP contribution >= 0.6 is 11.3 Å². The molecule has 2 heterocycles. The molecule has 0 saturated carbocycles. The van der Waals surface area contributed by atoms with Gasteiger partial charge in [-0.15, -0.1) is 11.3 Å². The SMILES string of the molecule is CCc1ccc(S(=O)(=O)Nc2ccc3c(c2)N(CC)C(=O)C(C)(C)CO3)s1. The van der Waals surface area contributed by atoms with Crippen molar-refractivity contribution in [3.8, 4) is 5.75 Å². The number of hydrogen-bond donors (Lipinski definition) is 1. The average molecular weight is 409 g/mol. The highest BCUT2D eigenvalue weighted by Crippen LogP contribution is 2.38. The number of carbonyl (C=O) groups is 1. The number of thiophene rings is 1. The van der Waals surface area contributed by atoms with Crippen molar-refractivity contribution in [1.29, 1.82) is 0 Å². The number of fused-ring (bicyclic) bond motifs is 1. The molecular weight excluding hydrogens is 384 g/mol. The van der Waals surface area contributed by atoms with Gasteiger partial charge < -0.3 is 9.64 Å². The van der Waals surface area contributed by atoms with Crippen LogP contribution in [0.3, 0.4) is 0 Å². The minimum atomic E-state index is -3.67. The van der Waals surface area contributed by atoms with E-state index in [9.17, 15) is 13.2 Å². The Balaban J connectivity index is 1.95. The van der Waals surface area contributed by atoms with Crippen LogP contribution in [0.15, 0.2) is 34.5 Å². The largest absolute Gasteiger partial charge is 0.490 e. The number of rotatable bonds is 5. The predicted molar refractivity (Wildman–Crippen MR) is 108 cm³/mol. The third-order valence-electron chi connectivity index (χ3n) is 4.48. The number of amides is 1. The maximum absolute atomic E-state index is 12.8. The van der Waals surface area contributed by atoms with Crippen LogP contribution in [0.1, 0.15) is 32.6 Å². The van der Waals surface area contributed by atoms with Gasteiger partial charge in [0.1, 0.15) is 16.6 Å². The zero-order valence-electron chi connectivity index (χ0n) is 15.9. The highest BCUT2D eigenvalue weighted by Gasteiger charge is 2.37. The summed E-state index contributed by atoms with van der Waals surface area (Å²) >= 11 is 1.26. The Morgan fingerprint density at radius 2 is 1.96 bits per heavy atom. The number of benzene rings is 1. The van der Waals surface area contributed by atoms with Crippen LogP contribution in [-0.4, -0.2) is 27.5 Å². The fourth-order valence-corrected chi connectivity index (χ4v) is 5.27. The van der Waals surface area contributed by atoms with E-state index < -0.39 is 15.4 Å². The Bertz CT molecular complexity index is 964. The molecule has 3 rings (SSSR count). The van der Waals surface area contributed by atoms with Gasteiger partial charge in [-0.3, -0.25) is 9.52 Å². The molecule has 0 fully saturated rings. The van der Waals surface area contributed by atoms with Crippen LogP contribution in [0, 0.1) is 5.41 Å². The molecule has 1 aromatic heterocycles. The number of hydrogen-bond acceptors (Lipinski definition) is 5. The molecule has 6 nitrogen and oxygen atoms in total. The molecule has 0 atom stereocenters. The molecule has 0 radical (unpaired) electrons. The number of carbonyl (C=O) groups excluding carboxylic acids is 1. The quantitative estimate of drug-likeness (QED) is 0.815. The summed E-state index contributed by atoms with van der Waals surface area (Å²) in [4.78, 5) is 15.5. The number of sulfonamides is 1. The molecule has 146 valence electrons. The van der Waals surface area contributed by atoms with Gasteiger partial charge in [-0.05, 0) is 57.5 Å². The molecule has 1 amide bonds. The number of ether oxygens (including phenoxy) is 1. The molecule has 1 N–H and O–H groups in total. The van der Waals surface area contributed by atoms with Crippen molar-refractivity contribution in [2.75, 3.05) is 22.8 Å². The van der Waals surface area contributed by atoms with Gasteiger partial charge in [-0.25, -0.2) is 8.42 Å². The highest BCUT2D eigenvalue weighted by atomic mass is 32.2. The third-order valence-corrected chi connectivity index (χ3v) is 7.58. The lowest BCUT2D eigenvalue weighted by molar-refractivity contribution is -0.127. The summed E-state index contributed by atoms with van der Waals surface area (Å²) in [7, 11) is -3.67. The third kappa shape index (κ3) is 3.82. The van der Waals surface area contributed by atoms with Gasteiger partial charge in [0.2, 0.25) is 5.91 Å². The minimum absolute atomic E-state index is 0.0467. The molecule has 8 heteroatoms. The minimum Gasteiger partial charge on any atom is -0.490 e. The standard InChI is InChI=1S/C19H24N2O4S2/c1-5-14-8-10-17(26-14)27(23,24)20-13-7-9-16-15(11-13)21(6-2)18(22)19(3,4)12-25-16/h7-11,20H,5-6,12H2,1-4H3. The first-order chi connectivity index (χ1) is 12.7. The smallest absolute Gasteiger partial charge is 0.271 e. The Morgan fingerprint density at radius 3 is 2.59 bits per heavy atom. The van der Waals surface area contributed by atoms with E-state index in [-0.39, 0.29) is 16.7 Å². The Hall–Kier alpha value is -2.06. The lowest BCUT2D eigenvalue weighted by Crippen LogP contribution is -2.42. The van der Waals surface area contributed by atoms with Gasteiger partial charge in [0.25, 0.3) is 10.0 Å². The second kappa shape index (κ2) is 7.16. The molecule has 0 aliphatic carbocycles. The topological polar surface area (TPSA) is 75.7 Å². The molecule has 0 spiro atoms. The van der Waals surface area contributed by atoms with E-state index in [4.69, 9.17) is 4.74 Å². The van der Waals surface area contributed by atoms with Crippen molar-refractivity contribution in [2.24, 2.45) is 5.41 Å². The maximum Gasteiger partial charge on any atom is 0.271 e. The summed E-state index contributed by atoms with van der Waals surface area (Å²) < 4.78 is 34.0. The normalized spacial score (nSPS) is 16.4. The number of anilines is 2. The second-order valence-corrected chi connectivity index (χ2v) is 10.2. The van der Waals surface area contributed by atoms with Crippen LogP contribution < -0.4 is 14.4 Å². The van der Waals surface area contributed by atoms with Crippen molar-refractivity contribution in [3.05, 3.63) is 35.2 Å². The second-order valence-electron chi connectivity index (χ2n) is 7.08. The lowest BCUT2D eigenvalue weighted by Gasteiger charge is -2.27. The molecule has 0 bridgehead atoms. The Labute approximate surface area is 164 Å². The van der Waals surface area contributed by atoms with Gasteiger partial charge in [0.15, 0.2) is 0 Å². The van der Waals surface area contributed by atoms with Crippen molar-refractivity contribution < 1.29 is 17.9 Å². The van der Waals surface area contributed by atoms with Crippen LogP contribution in [-0.2, 0) is 21.2 Å². The first kappa shape index (κ1) is 19.7. The monoisotopic (exact) mass is 408 g/mol. The van der Waals surface area contributed by atoms with Crippen molar-refractivity contribution >= 4 is 38.6 Å². The molecule has 1 aliphatic rings. The summed E-state index contributed by atoms with van der Waals surface area (Å²) in [5.74, 6) is 0.526. The summed E-state index contributed by atoms with van der Waals surface area (Å²) in [5, 5.41) is 0. The lowest BCUT2D eigenvalue weighted by atomic mass is 9.93. The molecule has 2 aromatic rings. The van der Waals surface area contributed by atoms with Crippen LogP contribution in [0.2, 0.25) is 0 Å². The highest BCUT2D eigenvalue weighted by molar-refractivity contribution is 7.94. The molecule has 27 heavy (non-hydrogen) atoms. The molecular formula is C19H24N2O4S2. The molecule has 0 unspecified atom stereocenters. The summed E-state index contributed by atoms with van der Waals surface area (Å²) in [6.45, 7) is 8.30. The Morgan fingerprint density at radius 1 is 1.22 bits per heavy atom. The summed E-state index contributed by atoms with van der Waals surface area (Å²) in [5.41, 5.74) is 0.325. The van der Waals surface area contributed by atoms with Crippen molar-refractivity contribution in [1.82, 2.24) is 0 Å². The zero-order valence-corrected chi connectivity index (χ0v) is 17.5. The summed E-state index contributed by atoms with van der Waals surface area (Å²) in [6, 6.07) is 8.45. The first-order valence-corrected chi connectivity index (χ1v) is 11.2. The van der Waals surface area contributed by atoms with Gasteiger partial charge in [0, 0.05) is 11.4 Å². The van der Waals surface area contributed by atoms with Gasteiger partial charge in [-0.1, -0.05) is 6.92 Å². The average Bonchev–Trinajstić information content (AvgIpc) is 3.08. The first-order valence-electron chi connectivity index (χ1n) is 8.88. The maximum atomic E-state index is 12.8. The zero-order chi connectivity index (χ0) is 19.8. The van der Waals surface area contributed by atoms with Gasteiger partial charge in [-0.2, -0.15) is 0 Å². The summed E-state index contributed by atoms with van der Waals surface area (Å²) in [6.07, 6.45) is 0.791. The van der Waals surface area contributed by atoms with Gasteiger partial charge >= 0.3 is 0 Å². The molecule has 1 aliphatic heterocycles. The number of aryl methyl sites for hydroxylation is 1. The van der Waals surface area contributed by atoms with Crippen LogP contribution in [0.25, 0.3) is 0 Å². The Kier molecular flexibility index (Phi) is 5.22. The van der Waals surface area contributed by atoms with E-state index in [1.54, 1.807) is 29.2 Å². The van der Waals surface area contributed by atoms with E-state index in [1.165, 1.54) is 11.3 Å². The van der Waals surface area contributed by atoms with Crippen molar-refractivity contribution in [2.45, 2.75) is 38.3 Å². The number of nitrogens with zero attached hydrogens (tertiary/aromatic N) is 1. The van der Waals surface area contributed by atoms with E-state index in [0.29, 0.717) is 23.7 Å². The molecule has 0 saturated heterocycles. The van der Waals surface area contributed by atoms with E-state index >= 15 is 0 Å². The fraction of sp³-hybridized carbons (Fsp3) is 0.421. The van der Waals surface area contributed by atoms with Crippen LogP contribution in [0.4, 0.5) is 11.4 Å². The predicted octanol–water partition coefficient (Wildman–Crippen LogP) is 3.88. The van der Waals surface area contributed by atoms with E-state index in [1.807, 2.05) is 33.8 Å². The fourth-order valence-electron chi connectivity index (χ4n) is 2.92. The molecule has 1 aromatic carbocycles. The number of nitrogens with one attached hydrogen (secondary N) is 1. The van der Waals surface area contributed by atoms with E-state index in [0.717, 1.165) is 11.3 Å². The van der Waals surface area contributed by atoms with Crippen LogP contribution in [0.5, 0.6) is 5.75 Å². The van der Waals surface area contributed by atoms with E-state index in [2.05, 4.69) is 4.72 Å². The van der Waals surface area contributed by atoms with Crippen molar-refractivity contribution in [3.63, 3.8) is 0 Å². The van der Waals surface area contributed by atoms with Gasteiger partial charge in [0.05, 0.1) is 16.8 Å².